The fourth-order valence-electron chi connectivity index (χ4n) is 2.42. The van der Waals surface area contributed by atoms with Crippen LogP contribution in [0.1, 0.15) is 5.82 Å². The van der Waals surface area contributed by atoms with Crippen molar-refractivity contribution in [2.24, 2.45) is 0 Å². The Bertz CT molecular complexity index is 818. The fraction of sp³-hybridized carbons (Fsp3) is 0.0667. The van der Waals surface area contributed by atoms with Crippen molar-refractivity contribution >= 4 is 32.8 Å². The second-order valence-corrected chi connectivity index (χ2v) is 4.56. The molecule has 18 heavy (non-hydrogen) atoms. The van der Waals surface area contributed by atoms with Gasteiger partial charge in [-0.3, -0.25) is 0 Å². The Morgan fingerprint density at radius 1 is 0.833 bits per heavy atom. The van der Waals surface area contributed by atoms with Crippen molar-refractivity contribution in [1.82, 2.24) is 15.0 Å². The third-order valence-electron chi connectivity index (χ3n) is 3.25. The van der Waals surface area contributed by atoms with E-state index in [-0.39, 0.29) is 0 Å². The Kier molecular flexibility index (Phi) is 1.75. The van der Waals surface area contributed by atoms with Gasteiger partial charge in [-0.15, -0.1) is 0 Å². The van der Waals surface area contributed by atoms with E-state index in [4.69, 9.17) is 0 Å². The predicted molar refractivity (Wildman–Crippen MR) is 73.6 cm³/mol. The number of para-hydroxylation sites is 1. The number of benzene rings is 2. The first kappa shape index (κ1) is 9.59. The van der Waals surface area contributed by atoms with E-state index < -0.39 is 0 Å². The molecule has 4 aromatic rings. The van der Waals surface area contributed by atoms with Gasteiger partial charge in [0.1, 0.15) is 5.82 Å². The van der Waals surface area contributed by atoms with E-state index in [0.717, 1.165) is 27.9 Å². The third-order valence-corrected chi connectivity index (χ3v) is 3.25. The molecule has 0 spiro atoms. The van der Waals surface area contributed by atoms with Gasteiger partial charge in [0.2, 0.25) is 0 Å². The van der Waals surface area contributed by atoms with Crippen LogP contribution in [-0.2, 0) is 0 Å². The molecule has 0 unspecified atom stereocenters. The van der Waals surface area contributed by atoms with Gasteiger partial charge in [-0.25, -0.2) is 9.97 Å². The Morgan fingerprint density at radius 3 is 2.50 bits per heavy atom. The van der Waals surface area contributed by atoms with Crippen LogP contribution in [0.3, 0.4) is 0 Å². The minimum Gasteiger partial charge on any atom is -0.354 e. The highest BCUT2D eigenvalue weighted by molar-refractivity contribution is 5.98. The van der Waals surface area contributed by atoms with Gasteiger partial charge in [-0.1, -0.05) is 18.2 Å². The van der Waals surface area contributed by atoms with Crippen LogP contribution in [-0.4, -0.2) is 15.0 Å². The molecule has 0 aliphatic carbocycles. The Labute approximate surface area is 103 Å². The number of hydrogen-bond donors (Lipinski definition) is 1. The van der Waals surface area contributed by atoms with Crippen molar-refractivity contribution in [3.05, 3.63) is 48.3 Å². The second-order valence-electron chi connectivity index (χ2n) is 4.56. The van der Waals surface area contributed by atoms with Crippen molar-refractivity contribution < 1.29 is 0 Å². The molecule has 86 valence electrons. The number of aryl methyl sites for hydroxylation is 1. The van der Waals surface area contributed by atoms with Gasteiger partial charge in [0.05, 0.1) is 11.0 Å². The average Bonchev–Trinajstić information content (AvgIpc) is 2.72. The minimum absolute atomic E-state index is 0.824. The first-order valence-electron chi connectivity index (χ1n) is 5.95. The number of fused-ring (bicyclic) bond motifs is 3. The Hall–Kier alpha value is -2.42. The number of hydrogen-bond acceptors (Lipinski definition) is 2. The van der Waals surface area contributed by atoms with Gasteiger partial charge in [-0.2, -0.15) is 0 Å². The molecule has 2 aromatic carbocycles. The standard InChI is InChI=1S/C15H11N3/c1-9-16-14-7-11-6-10-4-2-3-5-12(10)18-13(11)8-15(14)17-9/h2-8,18H,1H3. The largest absolute Gasteiger partial charge is 0.354 e. The lowest BCUT2D eigenvalue weighted by molar-refractivity contribution is 1.17. The number of nitrogens with zero attached hydrogens (tertiary/aromatic N) is 2. The van der Waals surface area contributed by atoms with Gasteiger partial charge < -0.3 is 4.98 Å². The molecule has 0 bridgehead atoms. The summed E-state index contributed by atoms with van der Waals surface area (Å²) < 4.78 is 0. The number of pyridine rings is 1. The molecular formula is C15H11N3. The zero-order valence-electron chi connectivity index (χ0n) is 9.94. The van der Waals surface area contributed by atoms with Crippen LogP contribution in [0.15, 0.2) is 42.5 Å². The molecule has 2 aromatic heterocycles. The van der Waals surface area contributed by atoms with E-state index in [1.165, 1.54) is 10.8 Å². The van der Waals surface area contributed by atoms with Gasteiger partial charge >= 0.3 is 0 Å². The highest BCUT2D eigenvalue weighted by Crippen LogP contribution is 2.23. The smallest absolute Gasteiger partial charge is 0.126 e. The molecule has 0 saturated heterocycles. The fourth-order valence-corrected chi connectivity index (χ4v) is 2.42. The van der Waals surface area contributed by atoms with E-state index in [2.05, 4.69) is 45.3 Å². The molecule has 0 aliphatic heterocycles. The number of aromatic amines is 1. The molecule has 0 aliphatic rings. The lowest BCUT2D eigenvalue weighted by atomic mass is 10.1. The second kappa shape index (κ2) is 3.29. The van der Waals surface area contributed by atoms with Gasteiger partial charge in [0.25, 0.3) is 0 Å². The first-order chi connectivity index (χ1) is 8.79. The Morgan fingerprint density at radius 2 is 1.61 bits per heavy atom. The average molecular weight is 233 g/mol. The lowest BCUT2D eigenvalue weighted by Gasteiger charge is -2.02. The van der Waals surface area contributed by atoms with Crippen LogP contribution >= 0.6 is 0 Å². The molecule has 0 saturated carbocycles. The van der Waals surface area contributed by atoms with Gasteiger partial charge in [0.15, 0.2) is 0 Å². The Balaban J connectivity index is 2.19. The maximum Gasteiger partial charge on any atom is 0.126 e. The molecule has 0 fully saturated rings. The van der Waals surface area contributed by atoms with Gasteiger partial charge in [0, 0.05) is 16.4 Å². The lowest BCUT2D eigenvalue weighted by Crippen LogP contribution is -1.82. The monoisotopic (exact) mass is 233 g/mol. The summed E-state index contributed by atoms with van der Waals surface area (Å²) in [5, 5.41) is 2.38. The maximum atomic E-state index is 4.42. The van der Waals surface area contributed by atoms with E-state index >= 15 is 0 Å². The highest BCUT2D eigenvalue weighted by Gasteiger charge is 2.04. The molecule has 3 nitrogen and oxygen atoms in total. The van der Waals surface area contributed by atoms with E-state index in [0.29, 0.717) is 0 Å². The summed E-state index contributed by atoms with van der Waals surface area (Å²) in [6.07, 6.45) is 0. The molecule has 4 rings (SSSR count). The van der Waals surface area contributed by atoms with Crippen LogP contribution in [0.2, 0.25) is 0 Å². The summed E-state index contributed by atoms with van der Waals surface area (Å²) in [6.45, 7) is 1.92. The zero-order chi connectivity index (χ0) is 12.1. The summed E-state index contributed by atoms with van der Waals surface area (Å²) >= 11 is 0. The number of imidazole rings is 1. The highest BCUT2D eigenvalue weighted by atomic mass is 14.9. The molecule has 0 radical (unpaired) electrons. The summed E-state index contributed by atoms with van der Waals surface area (Å²) in [4.78, 5) is 12.3. The predicted octanol–water partition coefficient (Wildman–Crippen LogP) is 3.57. The van der Waals surface area contributed by atoms with Crippen molar-refractivity contribution in [3.8, 4) is 0 Å². The molecule has 2 heterocycles. The summed E-state index contributed by atoms with van der Waals surface area (Å²) in [5.74, 6) is 0.824. The summed E-state index contributed by atoms with van der Waals surface area (Å²) in [7, 11) is 0. The number of nitrogens with one attached hydrogen (secondary N) is 1. The number of H-pyrrole nitrogens is 1. The topological polar surface area (TPSA) is 41.6 Å². The van der Waals surface area contributed by atoms with Crippen molar-refractivity contribution in [1.29, 1.82) is 0 Å². The van der Waals surface area contributed by atoms with Crippen molar-refractivity contribution in [2.75, 3.05) is 0 Å². The number of aromatic nitrogens is 3. The third kappa shape index (κ3) is 1.31. The first-order valence-corrected chi connectivity index (χ1v) is 5.95. The quantitative estimate of drug-likeness (QED) is 0.472. The SMILES string of the molecule is Cc1nc2cc3cc4ccccc4[nH]c3cc2n1. The van der Waals surface area contributed by atoms with Crippen LogP contribution in [0.4, 0.5) is 0 Å². The van der Waals surface area contributed by atoms with Crippen LogP contribution < -0.4 is 0 Å². The van der Waals surface area contributed by atoms with Crippen LogP contribution in [0.5, 0.6) is 0 Å². The normalized spacial score (nSPS) is 11.6. The van der Waals surface area contributed by atoms with E-state index in [1.807, 2.05) is 19.1 Å². The molecule has 0 atom stereocenters. The maximum absolute atomic E-state index is 4.42. The van der Waals surface area contributed by atoms with Gasteiger partial charge in [-0.05, 0) is 36.6 Å². The van der Waals surface area contributed by atoms with Crippen molar-refractivity contribution in [2.45, 2.75) is 6.92 Å². The number of rotatable bonds is 0. The molecule has 3 heteroatoms. The van der Waals surface area contributed by atoms with E-state index in [1.54, 1.807) is 0 Å². The minimum atomic E-state index is 0.824. The van der Waals surface area contributed by atoms with Crippen LogP contribution in [0, 0.1) is 6.92 Å². The molecule has 1 N–H and O–H groups in total. The molecular weight excluding hydrogens is 222 g/mol. The summed E-state index contributed by atoms with van der Waals surface area (Å²) in [6, 6.07) is 14.6. The van der Waals surface area contributed by atoms with Crippen molar-refractivity contribution in [3.63, 3.8) is 0 Å². The zero-order valence-corrected chi connectivity index (χ0v) is 9.94. The molecule has 0 amide bonds. The van der Waals surface area contributed by atoms with E-state index in [9.17, 15) is 0 Å². The van der Waals surface area contributed by atoms with Crippen LogP contribution in [0.25, 0.3) is 32.8 Å². The summed E-state index contributed by atoms with van der Waals surface area (Å²) in [5.41, 5.74) is 4.15.